The van der Waals surface area contributed by atoms with Crippen LogP contribution in [0.25, 0.3) is 5.69 Å². The van der Waals surface area contributed by atoms with Gasteiger partial charge in [-0.3, -0.25) is 4.90 Å². The first-order valence-corrected chi connectivity index (χ1v) is 8.83. The molecule has 1 saturated heterocycles. The summed E-state index contributed by atoms with van der Waals surface area (Å²) in [5, 5.41) is 13.8. The van der Waals surface area contributed by atoms with Crippen molar-refractivity contribution in [3.8, 4) is 5.69 Å². The van der Waals surface area contributed by atoms with E-state index in [1.165, 1.54) is 6.07 Å². The molecular weight excluding hydrogens is 319 g/mol. The van der Waals surface area contributed by atoms with Gasteiger partial charge >= 0.3 is 0 Å². The molecule has 6 heteroatoms. The van der Waals surface area contributed by atoms with E-state index in [0.717, 1.165) is 48.7 Å². The molecule has 1 N–H and O–H groups in total. The molecule has 0 saturated carbocycles. The van der Waals surface area contributed by atoms with Crippen LogP contribution in [0.3, 0.4) is 0 Å². The summed E-state index contributed by atoms with van der Waals surface area (Å²) >= 11 is 0. The average molecular weight is 346 g/mol. The molecule has 2 aromatic rings. The summed E-state index contributed by atoms with van der Waals surface area (Å²) in [6.07, 6.45) is 0.764. The molecular formula is C19H27FN4O. The van der Waals surface area contributed by atoms with Crippen LogP contribution >= 0.6 is 0 Å². The molecule has 5 nitrogen and oxygen atoms in total. The van der Waals surface area contributed by atoms with Crippen LogP contribution in [-0.4, -0.2) is 64.0 Å². The van der Waals surface area contributed by atoms with Crippen molar-refractivity contribution in [3.63, 3.8) is 0 Å². The number of likely N-dealkylation sites (N-methyl/N-ethyl adjacent to an activating group) is 1. The molecule has 1 aromatic carbocycles. The molecule has 0 radical (unpaired) electrons. The Hall–Kier alpha value is -1.76. The van der Waals surface area contributed by atoms with Gasteiger partial charge < -0.3 is 10.0 Å². The standard InChI is InChI=1S/C19H27FN4O/c1-14-10-15(2)24(21-14)19-5-4-17(20)11-16(19)12-23-8-7-22(3)18(13-23)6-9-25/h4-5,10-11,18,25H,6-9,12-13H2,1-3H3/t18-/m0/s1. The molecule has 0 aliphatic carbocycles. The summed E-state index contributed by atoms with van der Waals surface area (Å²) in [5.74, 6) is -0.221. The van der Waals surface area contributed by atoms with E-state index in [0.29, 0.717) is 12.6 Å². The van der Waals surface area contributed by atoms with Gasteiger partial charge in [-0.1, -0.05) is 0 Å². The highest BCUT2D eigenvalue weighted by atomic mass is 19.1. The molecule has 1 fully saturated rings. The monoisotopic (exact) mass is 346 g/mol. The fourth-order valence-corrected chi connectivity index (χ4v) is 3.62. The van der Waals surface area contributed by atoms with Crippen molar-refractivity contribution in [1.29, 1.82) is 0 Å². The second-order valence-corrected chi connectivity index (χ2v) is 6.99. The number of aryl methyl sites for hydroxylation is 2. The predicted molar refractivity (Wildman–Crippen MR) is 96.4 cm³/mol. The lowest BCUT2D eigenvalue weighted by atomic mass is 10.1. The SMILES string of the molecule is Cc1cc(C)n(-c2ccc(F)cc2CN2CCN(C)[C@@H](CCO)C2)n1. The number of hydrogen-bond acceptors (Lipinski definition) is 4. The Morgan fingerprint density at radius 3 is 2.72 bits per heavy atom. The van der Waals surface area contributed by atoms with E-state index in [-0.39, 0.29) is 12.4 Å². The first kappa shape index (κ1) is 18.0. The Balaban J connectivity index is 1.85. The minimum absolute atomic E-state index is 0.194. The molecule has 136 valence electrons. The molecule has 2 heterocycles. The maximum Gasteiger partial charge on any atom is 0.123 e. The van der Waals surface area contributed by atoms with E-state index in [9.17, 15) is 9.50 Å². The fourth-order valence-electron chi connectivity index (χ4n) is 3.62. The van der Waals surface area contributed by atoms with Gasteiger partial charge in [-0.15, -0.1) is 0 Å². The summed E-state index contributed by atoms with van der Waals surface area (Å²) in [6, 6.07) is 7.29. The summed E-state index contributed by atoms with van der Waals surface area (Å²) < 4.78 is 15.8. The third-order valence-corrected chi connectivity index (χ3v) is 5.00. The lowest BCUT2D eigenvalue weighted by molar-refractivity contribution is 0.0742. The first-order valence-electron chi connectivity index (χ1n) is 8.83. The number of hydrogen-bond donors (Lipinski definition) is 1. The normalized spacial score (nSPS) is 19.5. The zero-order chi connectivity index (χ0) is 18.0. The smallest absolute Gasteiger partial charge is 0.123 e. The predicted octanol–water partition coefficient (Wildman–Crippen LogP) is 2.13. The van der Waals surface area contributed by atoms with Crippen molar-refractivity contribution >= 4 is 0 Å². The van der Waals surface area contributed by atoms with Gasteiger partial charge in [0, 0.05) is 44.5 Å². The van der Waals surface area contributed by atoms with Crippen molar-refractivity contribution in [2.45, 2.75) is 32.9 Å². The summed E-state index contributed by atoms with van der Waals surface area (Å²) in [7, 11) is 2.10. The number of rotatable bonds is 5. The number of halogens is 1. The minimum Gasteiger partial charge on any atom is -0.396 e. The van der Waals surface area contributed by atoms with E-state index < -0.39 is 0 Å². The number of aliphatic hydroxyl groups is 1. The van der Waals surface area contributed by atoms with Gasteiger partial charge in [0.05, 0.1) is 11.4 Å². The van der Waals surface area contributed by atoms with E-state index in [1.54, 1.807) is 6.07 Å². The Morgan fingerprint density at radius 2 is 2.04 bits per heavy atom. The Bertz CT molecular complexity index is 730. The largest absolute Gasteiger partial charge is 0.396 e. The van der Waals surface area contributed by atoms with Crippen LogP contribution in [-0.2, 0) is 6.54 Å². The molecule has 1 aromatic heterocycles. The molecule has 0 unspecified atom stereocenters. The zero-order valence-corrected chi connectivity index (χ0v) is 15.2. The Labute approximate surface area is 148 Å². The number of aromatic nitrogens is 2. The van der Waals surface area contributed by atoms with E-state index in [2.05, 4.69) is 21.9 Å². The Morgan fingerprint density at radius 1 is 1.24 bits per heavy atom. The highest BCUT2D eigenvalue weighted by molar-refractivity contribution is 5.42. The summed E-state index contributed by atoms with van der Waals surface area (Å²) in [6.45, 7) is 7.62. The van der Waals surface area contributed by atoms with E-state index in [1.807, 2.05) is 30.7 Å². The van der Waals surface area contributed by atoms with Crippen LogP contribution < -0.4 is 0 Å². The van der Waals surface area contributed by atoms with Crippen molar-refractivity contribution in [1.82, 2.24) is 19.6 Å². The van der Waals surface area contributed by atoms with Crippen LogP contribution in [0.15, 0.2) is 24.3 Å². The highest BCUT2D eigenvalue weighted by Crippen LogP contribution is 2.22. The molecule has 0 bridgehead atoms. The van der Waals surface area contributed by atoms with Gasteiger partial charge in [-0.05, 0) is 57.1 Å². The third kappa shape index (κ3) is 4.08. The van der Waals surface area contributed by atoms with Crippen LogP contribution in [0.1, 0.15) is 23.4 Å². The Kier molecular flexibility index (Phi) is 5.51. The number of nitrogens with zero attached hydrogens (tertiary/aromatic N) is 4. The van der Waals surface area contributed by atoms with Crippen molar-refractivity contribution in [3.05, 3.63) is 47.0 Å². The van der Waals surface area contributed by atoms with Crippen molar-refractivity contribution < 1.29 is 9.50 Å². The maximum absolute atomic E-state index is 13.9. The quantitative estimate of drug-likeness (QED) is 0.901. The molecule has 1 atom stereocenters. The molecule has 0 spiro atoms. The van der Waals surface area contributed by atoms with Gasteiger partial charge in [-0.2, -0.15) is 5.10 Å². The molecule has 25 heavy (non-hydrogen) atoms. The topological polar surface area (TPSA) is 44.5 Å². The van der Waals surface area contributed by atoms with E-state index in [4.69, 9.17) is 0 Å². The molecule has 0 amide bonds. The molecule has 1 aliphatic heterocycles. The van der Waals surface area contributed by atoms with Gasteiger partial charge in [0.2, 0.25) is 0 Å². The summed E-state index contributed by atoms with van der Waals surface area (Å²) in [4.78, 5) is 4.63. The lowest BCUT2D eigenvalue weighted by Gasteiger charge is -2.39. The number of benzene rings is 1. The van der Waals surface area contributed by atoms with Gasteiger partial charge in [0.1, 0.15) is 5.82 Å². The van der Waals surface area contributed by atoms with Crippen LogP contribution in [0.2, 0.25) is 0 Å². The zero-order valence-electron chi connectivity index (χ0n) is 15.2. The van der Waals surface area contributed by atoms with Gasteiger partial charge in [0.25, 0.3) is 0 Å². The van der Waals surface area contributed by atoms with Gasteiger partial charge in [-0.25, -0.2) is 9.07 Å². The third-order valence-electron chi connectivity index (χ3n) is 5.00. The average Bonchev–Trinajstić information content (AvgIpc) is 2.89. The van der Waals surface area contributed by atoms with Crippen LogP contribution in [0.5, 0.6) is 0 Å². The first-order chi connectivity index (χ1) is 12.0. The van der Waals surface area contributed by atoms with Crippen molar-refractivity contribution in [2.75, 3.05) is 33.3 Å². The molecule has 1 aliphatic rings. The molecule has 3 rings (SSSR count). The van der Waals surface area contributed by atoms with Crippen LogP contribution in [0.4, 0.5) is 4.39 Å². The highest BCUT2D eigenvalue weighted by Gasteiger charge is 2.24. The van der Waals surface area contributed by atoms with E-state index >= 15 is 0 Å². The number of piperazine rings is 1. The fraction of sp³-hybridized carbons (Fsp3) is 0.526. The minimum atomic E-state index is -0.221. The second kappa shape index (κ2) is 7.64. The lowest BCUT2D eigenvalue weighted by Crippen LogP contribution is -2.51. The van der Waals surface area contributed by atoms with Crippen molar-refractivity contribution in [2.24, 2.45) is 0 Å². The summed E-state index contributed by atoms with van der Waals surface area (Å²) in [5.41, 5.74) is 3.88. The van der Waals surface area contributed by atoms with Gasteiger partial charge in [0.15, 0.2) is 0 Å². The number of aliphatic hydroxyl groups excluding tert-OH is 1. The maximum atomic E-state index is 13.9. The van der Waals surface area contributed by atoms with Crippen LogP contribution in [0, 0.1) is 19.7 Å². The second-order valence-electron chi connectivity index (χ2n) is 6.99.